The maximum Gasteiger partial charge on any atom is 0.146 e. The molecule has 0 radical (unpaired) electrons. The Morgan fingerprint density at radius 1 is 1.55 bits per heavy atom. The van der Waals surface area contributed by atoms with E-state index in [0.717, 1.165) is 0 Å². The summed E-state index contributed by atoms with van der Waals surface area (Å²) < 4.78 is 5.17. The number of hydrogen-bond donors (Lipinski definition) is 3. The van der Waals surface area contributed by atoms with Gasteiger partial charge in [0.2, 0.25) is 0 Å². The summed E-state index contributed by atoms with van der Waals surface area (Å²) in [5.74, 6) is 0. The Balaban J connectivity index is 2.69. The Bertz CT molecular complexity index is 150. The molecule has 1 heterocycles. The molecule has 3 unspecified atom stereocenters. The fourth-order valence-electron chi connectivity index (χ4n) is 1.29. The highest BCUT2D eigenvalue weighted by atomic mass is 16.6. The molecule has 11 heavy (non-hydrogen) atoms. The van der Waals surface area contributed by atoms with Gasteiger partial charge in [-0.3, -0.25) is 0 Å². The minimum atomic E-state index is -0.977. The van der Waals surface area contributed by atoms with Crippen LogP contribution in [0.2, 0.25) is 0 Å². The first kappa shape index (κ1) is 9.00. The third-order valence-corrected chi connectivity index (χ3v) is 2.05. The highest BCUT2D eigenvalue weighted by Gasteiger charge is 2.47. The first-order chi connectivity index (χ1) is 4.99. The van der Waals surface area contributed by atoms with Gasteiger partial charge in [0.1, 0.15) is 26.2 Å². The average Bonchev–Trinajstić information content (AvgIpc) is 2.13. The molecule has 0 aliphatic carbocycles. The minimum absolute atomic E-state index is 0.262. The van der Waals surface area contributed by atoms with Gasteiger partial charge < -0.3 is 20.1 Å². The molecule has 4 nitrogen and oxygen atoms in total. The summed E-state index contributed by atoms with van der Waals surface area (Å²) in [6.07, 6.45) is -2.55. The predicted octanol–water partition coefficient (Wildman–Crippen LogP) is -2.55. The molecule has 0 aromatic carbocycles. The zero-order valence-electron chi connectivity index (χ0n) is 6.69. The quantitative estimate of drug-likeness (QED) is 0.369. The van der Waals surface area contributed by atoms with Gasteiger partial charge in [-0.25, -0.2) is 0 Å². The normalized spacial score (nSPS) is 51.5. The second-order valence-corrected chi connectivity index (χ2v) is 3.38. The molecule has 64 valence electrons. The zero-order valence-corrected chi connectivity index (χ0v) is 6.69. The Hall–Kier alpha value is -0.0951. The maximum atomic E-state index is 9.34. The smallest absolute Gasteiger partial charge is 0.146 e. The molecular weight excluding hydrogens is 147 g/mol. The van der Waals surface area contributed by atoms with E-state index in [4.69, 9.17) is 9.84 Å². The number of aliphatic hydroxyl groups excluding tert-OH is 3. The lowest BCUT2D eigenvalue weighted by Gasteiger charge is -2.21. The standard InChI is InChI=1S/C6H13BO4/c1-6(7)5(10)4(9)3(2-8)11-6/h3-5,8-10H,2,7H2,1H3/t3?,4-,5?,6?/m0/s1. The van der Waals surface area contributed by atoms with Gasteiger partial charge in [-0.15, -0.1) is 0 Å². The van der Waals surface area contributed by atoms with Gasteiger partial charge >= 0.3 is 0 Å². The van der Waals surface area contributed by atoms with Crippen LogP contribution in [0.25, 0.3) is 0 Å². The van der Waals surface area contributed by atoms with Gasteiger partial charge in [0, 0.05) is 0 Å². The first-order valence-electron chi connectivity index (χ1n) is 3.64. The summed E-state index contributed by atoms with van der Waals surface area (Å²) in [7, 11) is 1.68. The van der Waals surface area contributed by atoms with Gasteiger partial charge in [-0.2, -0.15) is 0 Å². The van der Waals surface area contributed by atoms with Crippen molar-refractivity contribution in [2.45, 2.75) is 30.7 Å². The van der Waals surface area contributed by atoms with Crippen molar-refractivity contribution >= 4 is 7.85 Å². The Morgan fingerprint density at radius 3 is 2.27 bits per heavy atom. The van der Waals surface area contributed by atoms with Crippen LogP contribution in [0.1, 0.15) is 6.92 Å². The summed E-state index contributed by atoms with van der Waals surface area (Å²) in [5, 5.41) is 27.3. The lowest BCUT2D eigenvalue weighted by atomic mass is 9.78. The highest BCUT2D eigenvalue weighted by molar-refractivity contribution is 6.15. The van der Waals surface area contributed by atoms with Crippen molar-refractivity contribution in [3.8, 4) is 0 Å². The second kappa shape index (κ2) is 2.75. The summed E-state index contributed by atoms with van der Waals surface area (Å²) in [6.45, 7) is 1.41. The summed E-state index contributed by atoms with van der Waals surface area (Å²) in [6, 6.07) is 0. The van der Waals surface area contributed by atoms with Crippen molar-refractivity contribution in [1.82, 2.24) is 0 Å². The highest BCUT2D eigenvalue weighted by Crippen LogP contribution is 2.27. The molecular formula is C6H13BO4. The monoisotopic (exact) mass is 160 g/mol. The lowest BCUT2D eigenvalue weighted by Crippen LogP contribution is -2.40. The van der Waals surface area contributed by atoms with E-state index in [1.165, 1.54) is 0 Å². The van der Waals surface area contributed by atoms with E-state index in [0.29, 0.717) is 0 Å². The third kappa shape index (κ3) is 1.42. The van der Waals surface area contributed by atoms with Crippen LogP contribution in [0.15, 0.2) is 0 Å². The molecule has 0 spiro atoms. The number of ether oxygens (including phenoxy) is 1. The Morgan fingerprint density at radius 2 is 2.09 bits per heavy atom. The van der Waals surface area contributed by atoms with Gasteiger partial charge in [-0.05, 0) is 6.92 Å². The van der Waals surface area contributed by atoms with E-state index in [-0.39, 0.29) is 6.61 Å². The van der Waals surface area contributed by atoms with Crippen LogP contribution in [0, 0.1) is 0 Å². The summed E-state index contributed by atoms with van der Waals surface area (Å²) in [5.41, 5.74) is -0.757. The summed E-state index contributed by atoms with van der Waals surface area (Å²) >= 11 is 0. The second-order valence-electron chi connectivity index (χ2n) is 3.38. The molecule has 0 aromatic heterocycles. The fraction of sp³-hybridized carbons (Fsp3) is 1.00. The van der Waals surface area contributed by atoms with E-state index >= 15 is 0 Å². The van der Waals surface area contributed by atoms with Gasteiger partial charge in [-0.1, -0.05) is 0 Å². The van der Waals surface area contributed by atoms with Gasteiger partial charge in [0.15, 0.2) is 0 Å². The fourth-order valence-corrected chi connectivity index (χ4v) is 1.29. The Labute approximate surface area is 66.2 Å². The van der Waals surface area contributed by atoms with E-state index in [1.807, 2.05) is 0 Å². The molecule has 1 aliphatic heterocycles. The minimum Gasteiger partial charge on any atom is -0.394 e. The van der Waals surface area contributed by atoms with Gasteiger partial charge in [0.05, 0.1) is 12.1 Å². The third-order valence-electron chi connectivity index (χ3n) is 2.05. The average molecular weight is 160 g/mol. The van der Waals surface area contributed by atoms with Gasteiger partial charge in [0.25, 0.3) is 0 Å². The van der Waals surface area contributed by atoms with Crippen molar-refractivity contribution < 1.29 is 20.1 Å². The van der Waals surface area contributed by atoms with Crippen molar-refractivity contribution in [1.29, 1.82) is 0 Å². The van der Waals surface area contributed by atoms with Crippen LogP contribution < -0.4 is 0 Å². The summed E-state index contributed by atoms with van der Waals surface area (Å²) in [4.78, 5) is 0. The number of aliphatic hydroxyl groups is 3. The van der Waals surface area contributed by atoms with E-state index in [1.54, 1.807) is 14.8 Å². The molecule has 1 aliphatic rings. The molecule has 3 N–H and O–H groups in total. The molecule has 0 saturated carbocycles. The van der Waals surface area contributed by atoms with Crippen LogP contribution in [0.3, 0.4) is 0 Å². The molecule has 0 bridgehead atoms. The maximum absolute atomic E-state index is 9.34. The van der Waals surface area contributed by atoms with Crippen molar-refractivity contribution in [2.24, 2.45) is 0 Å². The topological polar surface area (TPSA) is 69.9 Å². The number of hydrogen-bond acceptors (Lipinski definition) is 4. The van der Waals surface area contributed by atoms with Crippen LogP contribution in [0.5, 0.6) is 0 Å². The molecule has 0 aromatic rings. The first-order valence-corrected chi connectivity index (χ1v) is 3.64. The molecule has 1 saturated heterocycles. The molecule has 0 amide bonds. The molecule has 1 fully saturated rings. The van der Waals surface area contributed by atoms with Crippen LogP contribution in [-0.2, 0) is 4.74 Å². The van der Waals surface area contributed by atoms with E-state index < -0.39 is 23.8 Å². The molecule has 5 heteroatoms. The number of rotatable bonds is 1. The van der Waals surface area contributed by atoms with E-state index in [2.05, 4.69) is 0 Å². The lowest BCUT2D eigenvalue weighted by molar-refractivity contribution is -0.0333. The zero-order chi connectivity index (χ0) is 8.65. The molecule has 4 atom stereocenters. The van der Waals surface area contributed by atoms with Crippen LogP contribution >= 0.6 is 0 Å². The predicted molar refractivity (Wildman–Crippen MR) is 40.9 cm³/mol. The Kier molecular flexibility index (Phi) is 2.25. The molecule has 1 rings (SSSR count). The van der Waals surface area contributed by atoms with Crippen molar-refractivity contribution in [2.75, 3.05) is 6.61 Å². The SMILES string of the molecule is BC1(C)OC(CO)[C@H](O)C1O. The largest absolute Gasteiger partial charge is 0.394 e. The van der Waals surface area contributed by atoms with Crippen LogP contribution in [0.4, 0.5) is 0 Å². The van der Waals surface area contributed by atoms with Crippen molar-refractivity contribution in [3.05, 3.63) is 0 Å². The van der Waals surface area contributed by atoms with E-state index in [9.17, 15) is 10.2 Å². The van der Waals surface area contributed by atoms with Crippen molar-refractivity contribution in [3.63, 3.8) is 0 Å². The van der Waals surface area contributed by atoms with Crippen LogP contribution in [-0.4, -0.2) is 53.6 Å².